The molecule has 0 saturated heterocycles. The number of rotatable bonds is 5. The summed E-state index contributed by atoms with van der Waals surface area (Å²) in [7, 11) is 0. The Labute approximate surface area is 201 Å². The van der Waals surface area contributed by atoms with Gasteiger partial charge in [0.2, 0.25) is 0 Å². The SMILES string of the molecule is N#CCOc1ccc(C2c3[nH]c4ccc(Cl)cc4c3CCC2C(=O)Oc2ccc(N)cc2)cc1. The molecule has 0 fully saturated rings. The monoisotopic (exact) mass is 471 g/mol. The summed E-state index contributed by atoms with van der Waals surface area (Å²) >= 11 is 6.28. The quantitative estimate of drug-likeness (QED) is 0.224. The normalized spacial score (nSPS) is 17.1. The average Bonchev–Trinajstić information content (AvgIpc) is 3.21. The van der Waals surface area contributed by atoms with Crippen LogP contribution in [-0.2, 0) is 11.2 Å². The minimum atomic E-state index is -0.389. The first-order chi connectivity index (χ1) is 16.5. The van der Waals surface area contributed by atoms with Gasteiger partial charge in [-0.05, 0) is 78.6 Å². The molecule has 1 aliphatic carbocycles. The molecule has 0 saturated carbocycles. The summed E-state index contributed by atoms with van der Waals surface area (Å²) in [5, 5.41) is 10.5. The molecule has 2 atom stereocenters. The third-order valence-electron chi connectivity index (χ3n) is 6.26. The number of nitrogens with two attached hydrogens (primary N) is 1. The van der Waals surface area contributed by atoms with Gasteiger partial charge in [-0.25, -0.2) is 0 Å². The topological polar surface area (TPSA) is 101 Å². The average molecular weight is 472 g/mol. The van der Waals surface area contributed by atoms with E-state index in [1.54, 1.807) is 24.3 Å². The highest BCUT2D eigenvalue weighted by Gasteiger charge is 2.39. The number of esters is 1. The van der Waals surface area contributed by atoms with Crippen LogP contribution in [0.4, 0.5) is 5.69 Å². The third-order valence-corrected chi connectivity index (χ3v) is 6.50. The van der Waals surface area contributed by atoms with Crippen LogP contribution in [-0.4, -0.2) is 17.6 Å². The van der Waals surface area contributed by atoms with Crippen molar-refractivity contribution in [2.24, 2.45) is 5.92 Å². The molecule has 7 heteroatoms. The van der Waals surface area contributed by atoms with Crippen molar-refractivity contribution >= 4 is 34.2 Å². The maximum absolute atomic E-state index is 13.4. The summed E-state index contributed by atoms with van der Waals surface area (Å²) < 4.78 is 11.2. The molecule has 0 bridgehead atoms. The number of nitrogens with zero attached hydrogens (tertiary/aromatic N) is 1. The number of ether oxygens (including phenoxy) is 2. The Morgan fingerprint density at radius 2 is 1.82 bits per heavy atom. The van der Waals surface area contributed by atoms with Crippen molar-refractivity contribution in [1.82, 2.24) is 4.98 Å². The fourth-order valence-electron chi connectivity index (χ4n) is 4.71. The van der Waals surface area contributed by atoms with Gasteiger partial charge < -0.3 is 20.2 Å². The number of aryl methyl sites for hydroxylation is 1. The van der Waals surface area contributed by atoms with Crippen LogP contribution in [0.2, 0.25) is 5.02 Å². The van der Waals surface area contributed by atoms with Crippen molar-refractivity contribution in [1.29, 1.82) is 5.26 Å². The van der Waals surface area contributed by atoms with E-state index >= 15 is 0 Å². The van der Waals surface area contributed by atoms with Crippen molar-refractivity contribution in [3.05, 3.63) is 88.6 Å². The number of halogens is 1. The molecular weight excluding hydrogens is 450 g/mol. The Morgan fingerprint density at radius 3 is 2.56 bits per heavy atom. The van der Waals surface area contributed by atoms with Gasteiger partial charge >= 0.3 is 5.97 Å². The van der Waals surface area contributed by atoms with Crippen LogP contribution in [0.25, 0.3) is 10.9 Å². The van der Waals surface area contributed by atoms with Crippen molar-refractivity contribution in [3.8, 4) is 17.6 Å². The molecule has 2 unspecified atom stereocenters. The van der Waals surface area contributed by atoms with Gasteiger partial charge in [-0.15, -0.1) is 0 Å². The fraction of sp³-hybridized carbons (Fsp3) is 0.185. The highest BCUT2D eigenvalue weighted by atomic mass is 35.5. The van der Waals surface area contributed by atoms with Gasteiger partial charge in [0.25, 0.3) is 0 Å². The fourth-order valence-corrected chi connectivity index (χ4v) is 4.88. The number of hydrogen-bond acceptors (Lipinski definition) is 5. The van der Waals surface area contributed by atoms with Gasteiger partial charge in [0.05, 0.1) is 5.92 Å². The number of nitriles is 1. The highest BCUT2D eigenvalue weighted by molar-refractivity contribution is 6.31. The predicted molar refractivity (Wildman–Crippen MR) is 131 cm³/mol. The first-order valence-electron chi connectivity index (χ1n) is 11.0. The summed E-state index contributed by atoms with van der Waals surface area (Å²) in [6.07, 6.45) is 1.37. The lowest BCUT2D eigenvalue weighted by Gasteiger charge is -2.31. The largest absolute Gasteiger partial charge is 0.479 e. The van der Waals surface area contributed by atoms with Crippen LogP contribution in [0.1, 0.15) is 29.2 Å². The summed E-state index contributed by atoms with van der Waals surface area (Å²) in [6, 6.07) is 22.1. The molecular formula is C27H22ClN3O3. The number of H-pyrrole nitrogens is 1. The molecule has 0 amide bonds. The minimum absolute atomic E-state index is 0.0216. The maximum atomic E-state index is 13.4. The third kappa shape index (κ3) is 4.18. The Kier molecular flexibility index (Phi) is 5.87. The van der Waals surface area contributed by atoms with Gasteiger partial charge in [0.1, 0.15) is 17.6 Å². The van der Waals surface area contributed by atoms with Crippen LogP contribution in [0.3, 0.4) is 0 Å². The molecule has 1 aliphatic rings. The second-order valence-electron chi connectivity index (χ2n) is 8.34. The van der Waals surface area contributed by atoms with E-state index in [-0.39, 0.29) is 24.4 Å². The number of anilines is 1. The van der Waals surface area contributed by atoms with Crippen molar-refractivity contribution in [3.63, 3.8) is 0 Å². The summed E-state index contributed by atoms with van der Waals surface area (Å²) in [6.45, 7) is -0.0216. The molecule has 0 spiro atoms. The molecule has 3 aromatic carbocycles. The first-order valence-corrected chi connectivity index (χ1v) is 11.4. The Balaban J connectivity index is 1.54. The Bertz CT molecular complexity index is 1390. The zero-order chi connectivity index (χ0) is 23.7. The lowest BCUT2D eigenvalue weighted by Crippen LogP contribution is -2.31. The number of nitrogen functional groups attached to an aromatic ring is 1. The predicted octanol–water partition coefficient (Wildman–Crippen LogP) is 5.61. The number of benzene rings is 3. The summed E-state index contributed by atoms with van der Waals surface area (Å²) in [4.78, 5) is 16.9. The zero-order valence-corrected chi connectivity index (χ0v) is 19.0. The van der Waals surface area contributed by atoms with Gasteiger partial charge in [0, 0.05) is 33.2 Å². The van der Waals surface area contributed by atoms with Crippen molar-refractivity contribution in [2.75, 3.05) is 12.3 Å². The van der Waals surface area contributed by atoms with E-state index in [0.717, 1.165) is 28.6 Å². The van der Waals surface area contributed by atoms with Gasteiger partial charge in [-0.3, -0.25) is 4.79 Å². The molecule has 1 heterocycles. The number of aromatic amines is 1. The summed E-state index contributed by atoms with van der Waals surface area (Å²) in [5.41, 5.74) is 10.5. The lowest BCUT2D eigenvalue weighted by molar-refractivity contribution is -0.139. The van der Waals surface area contributed by atoms with Crippen molar-refractivity contribution in [2.45, 2.75) is 18.8 Å². The molecule has 3 N–H and O–H groups in total. The van der Waals surface area contributed by atoms with E-state index in [4.69, 9.17) is 32.1 Å². The van der Waals surface area contributed by atoms with Gasteiger partial charge in [0.15, 0.2) is 6.61 Å². The molecule has 0 aliphatic heterocycles. The summed E-state index contributed by atoms with van der Waals surface area (Å²) in [5.74, 6) is 0.154. The molecule has 4 aromatic rings. The first kappa shape index (κ1) is 21.9. The zero-order valence-electron chi connectivity index (χ0n) is 18.3. The smallest absolute Gasteiger partial charge is 0.315 e. The molecule has 170 valence electrons. The van der Waals surface area contributed by atoms with Crippen LogP contribution >= 0.6 is 11.6 Å². The van der Waals surface area contributed by atoms with Crippen LogP contribution < -0.4 is 15.2 Å². The standard InChI is InChI=1S/C27H22ClN3O3/c28-17-3-12-24-23(15-17)21-10-11-22(27(32)34-20-8-4-18(30)5-9-20)25(26(21)31-24)16-1-6-19(7-2-16)33-14-13-29/h1-9,12,15,22,25,31H,10-11,14,30H2. The second kappa shape index (κ2) is 9.12. The van der Waals surface area contributed by atoms with Gasteiger partial charge in [-0.1, -0.05) is 23.7 Å². The van der Waals surface area contributed by atoms with E-state index in [9.17, 15) is 4.79 Å². The van der Waals surface area contributed by atoms with Crippen LogP contribution in [0.15, 0.2) is 66.7 Å². The van der Waals surface area contributed by atoms with E-state index < -0.39 is 0 Å². The van der Waals surface area contributed by atoms with E-state index in [1.165, 1.54) is 5.56 Å². The van der Waals surface area contributed by atoms with Crippen LogP contribution in [0.5, 0.6) is 11.5 Å². The molecule has 1 aromatic heterocycles. The number of hydrogen-bond donors (Lipinski definition) is 2. The minimum Gasteiger partial charge on any atom is -0.479 e. The number of aromatic nitrogens is 1. The Morgan fingerprint density at radius 1 is 1.09 bits per heavy atom. The number of carbonyl (C=O) groups excluding carboxylic acids is 1. The number of fused-ring (bicyclic) bond motifs is 3. The van der Waals surface area contributed by atoms with E-state index in [2.05, 4.69) is 4.98 Å². The highest BCUT2D eigenvalue weighted by Crippen LogP contribution is 2.44. The molecule has 34 heavy (non-hydrogen) atoms. The van der Waals surface area contributed by atoms with Crippen molar-refractivity contribution < 1.29 is 14.3 Å². The van der Waals surface area contributed by atoms with Crippen LogP contribution in [0, 0.1) is 17.2 Å². The Hall–Kier alpha value is -3.95. The lowest BCUT2D eigenvalue weighted by atomic mass is 9.74. The van der Waals surface area contributed by atoms with E-state index in [0.29, 0.717) is 28.6 Å². The maximum Gasteiger partial charge on any atom is 0.315 e. The molecule has 6 nitrogen and oxygen atoms in total. The molecule has 0 radical (unpaired) electrons. The van der Waals surface area contributed by atoms with E-state index in [1.807, 2.05) is 48.5 Å². The second-order valence-corrected chi connectivity index (χ2v) is 8.77. The van der Waals surface area contributed by atoms with Gasteiger partial charge in [-0.2, -0.15) is 5.26 Å². The number of carbonyl (C=O) groups is 1. The number of nitrogens with one attached hydrogen (secondary N) is 1. The molecule has 5 rings (SSSR count).